The average molecular weight is 496 g/mol. The van der Waals surface area contributed by atoms with E-state index in [1.54, 1.807) is 36.4 Å². The Kier molecular flexibility index (Phi) is 8.85. The molecule has 0 fully saturated rings. The first-order chi connectivity index (χ1) is 16.9. The lowest BCUT2D eigenvalue weighted by Gasteiger charge is -2.15. The van der Waals surface area contributed by atoms with Crippen LogP contribution in [-0.2, 0) is 4.79 Å². The second kappa shape index (κ2) is 12.2. The first kappa shape index (κ1) is 25.3. The number of para-hydroxylation sites is 1. The second-order valence-electron chi connectivity index (χ2n) is 7.05. The molecule has 0 aliphatic carbocycles. The van der Waals surface area contributed by atoms with Crippen molar-refractivity contribution in [3.8, 4) is 23.0 Å². The van der Waals surface area contributed by atoms with E-state index in [2.05, 4.69) is 16.0 Å². The summed E-state index contributed by atoms with van der Waals surface area (Å²) < 4.78 is 21.3. The molecule has 2 amide bonds. The summed E-state index contributed by atoms with van der Waals surface area (Å²) in [6.07, 6.45) is 0. The summed E-state index contributed by atoms with van der Waals surface area (Å²) >= 11 is 5.27. The highest BCUT2D eigenvalue weighted by molar-refractivity contribution is 7.80. The zero-order valence-corrected chi connectivity index (χ0v) is 20.2. The zero-order chi connectivity index (χ0) is 25.2. The zero-order valence-electron chi connectivity index (χ0n) is 19.4. The maximum atomic E-state index is 12.7. The van der Waals surface area contributed by atoms with Crippen molar-refractivity contribution in [1.29, 1.82) is 0 Å². The highest BCUT2D eigenvalue weighted by atomic mass is 32.1. The molecule has 3 aromatic carbocycles. The Hall–Kier alpha value is -4.31. The summed E-state index contributed by atoms with van der Waals surface area (Å²) in [6.45, 7) is -0.134. The third-order valence-electron chi connectivity index (χ3n) is 4.67. The van der Waals surface area contributed by atoms with Gasteiger partial charge < -0.3 is 29.6 Å². The van der Waals surface area contributed by atoms with E-state index >= 15 is 0 Å². The van der Waals surface area contributed by atoms with Gasteiger partial charge in [0, 0.05) is 16.9 Å². The monoisotopic (exact) mass is 495 g/mol. The molecule has 0 aliphatic heterocycles. The maximum Gasteiger partial charge on any atom is 0.262 e. The minimum Gasteiger partial charge on any atom is -0.493 e. The standard InChI is InChI=1S/C25H25N3O6S/c1-31-20-12-16(13-21(32-2)23(20)33-3)24(30)28-25(35)27-18-9-7-8-17(14-18)26-22(29)15-34-19-10-5-4-6-11-19/h4-14H,15H2,1-3H3,(H,26,29)(H2,27,28,30,35). The molecule has 3 N–H and O–H groups in total. The molecular formula is C25H25N3O6S. The molecule has 182 valence electrons. The van der Waals surface area contributed by atoms with Gasteiger partial charge in [0.15, 0.2) is 23.2 Å². The third kappa shape index (κ3) is 7.08. The lowest BCUT2D eigenvalue weighted by molar-refractivity contribution is -0.118. The highest BCUT2D eigenvalue weighted by Crippen LogP contribution is 2.38. The largest absolute Gasteiger partial charge is 0.493 e. The van der Waals surface area contributed by atoms with Crippen molar-refractivity contribution >= 4 is 40.5 Å². The number of thiocarbonyl (C=S) groups is 1. The molecule has 3 rings (SSSR count). The Labute approximate surface area is 208 Å². The van der Waals surface area contributed by atoms with E-state index in [0.717, 1.165) is 0 Å². The van der Waals surface area contributed by atoms with Gasteiger partial charge in [0.2, 0.25) is 5.75 Å². The summed E-state index contributed by atoms with van der Waals surface area (Å²) in [7, 11) is 4.40. The smallest absolute Gasteiger partial charge is 0.262 e. The molecule has 10 heteroatoms. The Balaban J connectivity index is 1.59. The second-order valence-corrected chi connectivity index (χ2v) is 7.46. The van der Waals surface area contributed by atoms with Crippen LogP contribution in [-0.4, -0.2) is 44.9 Å². The van der Waals surface area contributed by atoms with Crippen molar-refractivity contribution in [2.45, 2.75) is 0 Å². The summed E-state index contributed by atoms with van der Waals surface area (Å²) in [5.74, 6) is 0.881. The number of anilines is 2. The quantitative estimate of drug-likeness (QED) is 0.384. The first-order valence-corrected chi connectivity index (χ1v) is 10.8. The van der Waals surface area contributed by atoms with Gasteiger partial charge in [0.05, 0.1) is 21.3 Å². The number of hydrogen-bond donors (Lipinski definition) is 3. The number of ether oxygens (including phenoxy) is 4. The minimum atomic E-state index is -0.468. The number of hydrogen-bond acceptors (Lipinski definition) is 7. The van der Waals surface area contributed by atoms with Gasteiger partial charge in [-0.05, 0) is 54.7 Å². The molecule has 0 spiro atoms. The van der Waals surface area contributed by atoms with E-state index in [0.29, 0.717) is 34.4 Å². The Bertz CT molecular complexity index is 1180. The fraction of sp³-hybridized carbons (Fsp3) is 0.160. The summed E-state index contributed by atoms with van der Waals surface area (Å²) in [5, 5.41) is 8.35. The maximum absolute atomic E-state index is 12.7. The van der Waals surface area contributed by atoms with Gasteiger partial charge >= 0.3 is 0 Å². The molecule has 0 saturated heterocycles. The molecule has 3 aromatic rings. The summed E-state index contributed by atoms with van der Waals surface area (Å²) in [5.41, 5.74) is 1.38. The van der Waals surface area contributed by atoms with Crippen LogP contribution in [0, 0.1) is 0 Å². The number of nitrogens with one attached hydrogen (secondary N) is 3. The van der Waals surface area contributed by atoms with E-state index in [9.17, 15) is 9.59 Å². The Morgan fingerprint density at radius 2 is 1.43 bits per heavy atom. The van der Waals surface area contributed by atoms with Crippen LogP contribution in [0.4, 0.5) is 11.4 Å². The number of carbonyl (C=O) groups excluding carboxylic acids is 2. The van der Waals surface area contributed by atoms with E-state index in [-0.39, 0.29) is 23.2 Å². The average Bonchev–Trinajstić information content (AvgIpc) is 2.87. The normalized spacial score (nSPS) is 10.0. The van der Waals surface area contributed by atoms with E-state index in [1.165, 1.54) is 33.5 Å². The van der Waals surface area contributed by atoms with Crippen LogP contribution >= 0.6 is 12.2 Å². The topological polar surface area (TPSA) is 107 Å². The molecule has 0 unspecified atom stereocenters. The van der Waals surface area contributed by atoms with Crippen LogP contribution in [0.5, 0.6) is 23.0 Å². The van der Waals surface area contributed by atoms with Gasteiger partial charge in [-0.3, -0.25) is 14.9 Å². The third-order valence-corrected chi connectivity index (χ3v) is 4.88. The predicted molar refractivity (Wildman–Crippen MR) is 137 cm³/mol. The predicted octanol–water partition coefficient (Wildman–Crippen LogP) is 3.86. The van der Waals surface area contributed by atoms with Gasteiger partial charge in [-0.25, -0.2) is 0 Å². The molecule has 0 atom stereocenters. The fourth-order valence-corrected chi connectivity index (χ4v) is 3.30. The van der Waals surface area contributed by atoms with Crippen molar-refractivity contribution in [1.82, 2.24) is 5.32 Å². The molecule has 0 radical (unpaired) electrons. The Morgan fingerprint density at radius 3 is 2.03 bits per heavy atom. The minimum absolute atomic E-state index is 0.0691. The lowest BCUT2D eigenvalue weighted by Crippen LogP contribution is -2.34. The van der Waals surface area contributed by atoms with Crippen molar-refractivity contribution in [3.63, 3.8) is 0 Å². The Morgan fingerprint density at radius 1 is 0.800 bits per heavy atom. The molecule has 0 aromatic heterocycles. The van der Waals surface area contributed by atoms with E-state index < -0.39 is 5.91 Å². The molecule has 0 heterocycles. The highest BCUT2D eigenvalue weighted by Gasteiger charge is 2.17. The van der Waals surface area contributed by atoms with Crippen LogP contribution in [0.2, 0.25) is 0 Å². The summed E-state index contributed by atoms with van der Waals surface area (Å²) in [6, 6.07) is 19.0. The number of amides is 2. The van der Waals surface area contributed by atoms with Crippen molar-refractivity contribution in [2.75, 3.05) is 38.6 Å². The van der Waals surface area contributed by atoms with Crippen molar-refractivity contribution in [3.05, 3.63) is 72.3 Å². The van der Waals surface area contributed by atoms with Crippen LogP contribution in [0.1, 0.15) is 10.4 Å². The van der Waals surface area contributed by atoms with Crippen LogP contribution in [0.3, 0.4) is 0 Å². The van der Waals surface area contributed by atoms with Crippen molar-refractivity contribution in [2.24, 2.45) is 0 Å². The molecule has 9 nitrogen and oxygen atoms in total. The van der Waals surface area contributed by atoms with Gasteiger partial charge in [-0.2, -0.15) is 0 Å². The molecule has 0 bridgehead atoms. The van der Waals surface area contributed by atoms with Crippen LogP contribution in [0.15, 0.2) is 66.7 Å². The summed E-state index contributed by atoms with van der Waals surface area (Å²) in [4.78, 5) is 24.9. The number of benzene rings is 3. The first-order valence-electron chi connectivity index (χ1n) is 10.4. The van der Waals surface area contributed by atoms with E-state index in [4.69, 9.17) is 31.2 Å². The van der Waals surface area contributed by atoms with Gasteiger partial charge in [0.1, 0.15) is 5.75 Å². The van der Waals surface area contributed by atoms with Gasteiger partial charge in [-0.15, -0.1) is 0 Å². The van der Waals surface area contributed by atoms with Gasteiger partial charge in [0.25, 0.3) is 11.8 Å². The molecule has 35 heavy (non-hydrogen) atoms. The fourth-order valence-electron chi connectivity index (χ4n) is 3.09. The lowest BCUT2D eigenvalue weighted by atomic mass is 10.1. The molecular weight excluding hydrogens is 470 g/mol. The van der Waals surface area contributed by atoms with Crippen LogP contribution in [0.25, 0.3) is 0 Å². The SMILES string of the molecule is COc1cc(C(=O)NC(=S)Nc2cccc(NC(=O)COc3ccccc3)c2)cc(OC)c1OC. The van der Waals surface area contributed by atoms with Crippen molar-refractivity contribution < 1.29 is 28.5 Å². The number of carbonyl (C=O) groups is 2. The number of methoxy groups -OCH3 is 3. The number of rotatable bonds is 9. The van der Waals surface area contributed by atoms with E-state index in [1.807, 2.05) is 18.2 Å². The molecule has 0 saturated carbocycles. The molecule has 0 aliphatic rings. The van der Waals surface area contributed by atoms with Crippen LogP contribution < -0.4 is 34.9 Å². The van der Waals surface area contributed by atoms with Gasteiger partial charge in [-0.1, -0.05) is 24.3 Å².